The zero-order chi connectivity index (χ0) is 12.4. The Morgan fingerprint density at radius 2 is 2.06 bits per heavy atom. The van der Waals surface area contributed by atoms with Gasteiger partial charge in [-0.3, -0.25) is 9.67 Å². The number of thioether (sulfide) groups is 1. The van der Waals surface area contributed by atoms with Crippen LogP contribution in [0.2, 0.25) is 0 Å². The van der Waals surface area contributed by atoms with E-state index in [1.54, 1.807) is 11.8 Å². The lowest BCUT2D eigenvalue weighted by Crippen LogP contribution is -2.03. The van der Waals surface area contributed by atoms with Crippen LogP contribution in [0, 0.1) is 4.77 Å². The molecule has 0 atom stereocenters. The molecule has 0 fully saturated rings. The fourth-order valence-electron chi connectivity index (χ4n) is 1.80. The summed E-state index contributed by atoms with van der Waals surface area (Å²) in [6, 6.07) is 8.54. The molecule has 0 radical (unpaired) electrons. The average molecular weight is 265 g/mol. The third-order valence-electron chi connectivity index (χ3n) is 2.57. The van der Waals surface area contributed by atoms with Gasteiger partial charge >= 0.3 is 0 Å². The number of aromatic amines is 1. The van der Waals surface area contributed by atoms with Crippen LogP contribution in [0.3, 0.4) is 0 Å². The number of benzene rings is 1. The molecule has 0 bridgehead atoms. The van der Waals surface area contributed by atoms with Crippen molar-refractivity contribution in [3.63, 3.8) is 0 Å². The minimum atomic E-state index is 0.297. The highest BCUT2D eigenvalue weighted by atomic mass is 32.2. The summed E-state index contributed by atoms with van der Waals surface area (Å²) in [4.78, 5) is 1.21. The summed E-state index contributed by atoms with van der Waals surface area (Å²) in [6.45, 7) is 4.22. The fourth-order valence-corrected chi connectivity index (χ4v) is 2.74. The third kappa shape index (κ3) is 2.30. The van der Waals surface area contributed by atoms with Crippen LogP contribution >= 0.6 is 24.0 Å². The van der Waals surface area contributed by atoms with Gasteiger partial charge in [-0.05, 0) is 38.4 Å². The molecule has 2 rings (SSSR count). The summed E-state index contributed by atoms with van der Waals surface area (Å²) in [5.74, 6) is 0.912. The Kier molecular flexibility index (Phi) is 3.69. The molecule has 0 aliphatic heterocycles. The van der Waals surface area contributed by atoms with E-state index < -0.39 is 0 Å². The van der Waals surface area contributed by atoms with Crippen molar-refractivity contribution in [2.24, 2.45) is 0 Å². The van der Waals surface area contributed by atoms with Crippen molar-refractivity contribution in [3.05, 3.63) is 29.0 Å². The van der Waals surface area contributed by atoms with Crippen LogP contribution in [-0.4, -0.2) is 21.0 Å². The predicted molar refractivity (Wildman–Crippen MR) is 75.0 cm³/mol. The van der Waals surface area contributed by atoms with E-state index in [0.717, 1.165) is 11.4 Å². The van der Waals surface area contributed by atoms with Crippen LogP contribution in [0.4, 0.5) is 0 Å². The molecule has 1 heterocycles. The molecule has 1 aromatic carbocycles. The Labute approximate surface area is 110 Å². The van der Waals surface area contributed by atoms with E-state index >= 15 is 0 Å². The maximum absolute atomic E-state index is 5.27. The first-order chi connectivity index (χ1) is 8.15. The molecule has 0 unspecified atom stereocenters. The van der Waals surface area contributed by atoms with E-state index in [9.17, 15) is 0 Å². The molecule has 0 saturated heterocycles. The Bertz CT molecular complexity index is 569. The van der Waals surface area contributed by atoms with Crippen LogP contribution in [0.5, 0.6) is 0 Å². The molecule has 90 valence electrons. The number of aromatic nitrogens is 3. The number of rotatable bonds is 3. The maximum Gasteiger partial charge on any atom is 0.195 e. The lowest BCUT2D eigenvalue weighted by molar-refractivity contribution is 0.596. The first-order valence-corrected chi connectivity index (χ1v) is 7.08. The number of H-pyrrole nitrogens is 1. The highest BCUT2D eigenvalue weighted by Crippen LogP contribution is 2.29. The molecule has 3 nitrogen and oxygen atoms in total. The number of nitrogens with zero attached hydrogens (tertiary/aromatic N) is 2. The van der Waals surface area contributed by atoms with E-state index in [2.05, 4.69) is 42.4 Å². The Balaban J connectivity index is 2.65. The lowest BCUT2D eigenvalue weighted by atomic mass is 10.2. The SMILES string of the molecule is CSc1ccccc1-c1n[nH]c(=S)n1C(C)C. The van der Waals surface area contributed by atoms with Gasteiger partial charge in [0.15, 0.2) is 10.6 Å². The van der Waals surface area contributed by atoms with Gasteiger partial charge in [0.25, 0.3) is 0 Å². The maximum atomic E-state index is 5.27. The zero-order valence-corrected chi connectivity index (χ0v) is 11.7. The van der Waals surface area contributed by atoms with Gasteiger partial charge in [-0.15, -0.1) is 11.8 Å². The number of hydrogen-bond donors (Lipinski definition) is 1. The Morgan fingerprint density at radius 1 is 1.35 bits per heavy atom. The molecule has 0 amide bonds. The largest absolute Gasteiger partial charge is 0.298 e. The smallest absolute Gasteiger partial charge is 0.195 e. The van der Waals surface area contributed by atoms with Crippen molar-refractivity contribution in [1.82, 2.24) is 14.8 Å². The highest BCUT2D eigenvalue weighted by molar-refractivity contribution is 7.98. The van der Waals surface area contributed by atoms with Crippen molar-refractivity contribution in [2.75, 3.05) is 6.26 Å². The normalized spacial score (nSPS) is 11.1. The summed E-state index contributed by atoms with van der Waals surface area (Å²) >= 11 is 6.99. The summed E-state index contributed by atoms with van der Waals surface area (Å²) in [7, 11) is 0. The monoisotopic (exact) mass is 265 g/mol. The lowest BCUT2D eigenvalue weighted by Gasteiger charge is -2.12. The van der Waals surface area contributed by atoms with Gasteiger partial charge in [0.05, 0.1) is 0 Å². The highest BCUT2D eigenvalue weighted by Gasteiger charge is 2.13. The van der Waals surface area contributed by atoms with Gasteiger partial charge in [-0.1, -0.05) is 18.2 Å². The molecule has 1 aromatic heterocycles. The summed E-state index contributed by atoms with van der Waals surface area (Å²) in [6.07, 6.45) is 2.07. The number of hydrogen-bond acceptors (Lipinski definition) is 3. The molecular formula is C12H15N3S2. The van der Waals surface area contributed by atoms with Crippen molar-refractivity contribution >= 4 is 24.0 Å². The second kappa shape index (κ2) is 5.06. The molecule has 5 heteroatoms. The van der Waals surface area contributed by atoms with Crippen LogP contribution in [0.15, 0.2) is 29.2 Å². The van der Waals surface area contributed by atoms with Gasteiger partial charge in [0.2, 0.25) is 0 Å². The van der Waals surface area contributed by atoms with Crippen molar-refractivity contribution in [1.29, 1.82) is 0 Å². The fraction of sp³-hybridized carbons (Fsp3) is 0.333. The summed E-state index contributed by atoms with van der Waals surface area (Å²) < 4.78 is 2.72. The van der Waals surface area contributed by atoms with E-state index in [4.69, 9.17) is 12.2 Å². The third-order valence-corrected chi connectivity index (χ3v) is 3.65. The molecule has 17 heavy (non-hydrogen) atoms. The van der Waals surface area contributed by atoms with E-state index in [0.29, 0.717) is 10.8 Å². The van der Waals surface area contributed by atoms with E-state index in [-0.39, 0.29) is 0 Å². The molecule has 0 aliphatic rings. The van der Waals surface area contributed by atoms with Gasteiger partial charge in [0.1, 0.15) is 0 Å². The first kappa shape index (κ1) is 12.4. The van der Waals surface area contributed by atoms with Crippen molar-refractivity contribution < 1.29 is 0 Å². The minimum absolute atomic E-state index is 0.297. The zero-order valence-electron chi connectivity index (χ0n) is 10.1. The van der Waals surface area contributed by atoms with Gasteiger partial charge < -0.3 is 0 Å². The molecule has 0 aliphatic carbocycles. The quantitative estimate of drug-likeness (QED) is 0.675. The molecule has 1 N–H and O–H groups in total. The van der Waals surface area contributed by atoms with Gasteiger partial charge in [0, 0.05) is 16.5 Å². The molecule has 0 saturated carbocycles. The minimum Gasteiger partial charge on any atom is -0.298 e. The topological polar surface area (TPSA) is 33.6 Å². The molecule has 0 spiro atoms. The Morgan fingerprint density at radius 3 is 2.71 bits per heavy atom. The second-order valence-corrected chi connectivity index (χ2v) is 5.25. The second-order valence-electron chi connectivity index (χ2n) is 4.02. The van der Waals surface area contributed by atoms with Crippen LogP contribution in [0.25, 0.3) is 11.4 Å². The van der Waals surface area contributed by atoms with Crippen LogP contribution in [0.1, 0.15) is 19.9 Å². The molecule has 2 aromatic rings. The standard InChI is InChI=1S/C12H15N3S2/c1-8(2)15-11(13-14-12(15)16)9-6-4-5-7-10(9)17-3/h4-8H,1-3H3,(H,14,16). The van der Waals surface area contributed by atoms with Crippen molar-refractivity contribution in [3.8, 4) is 11.4 Å². The van der Waals surface area contributed by atoms with E-state index in [1.807, 2.05) is 16.7 Å². The summed E-state index contributed by atoms with van der Waals surface area (Å²) in [5.41, 5.74) is 1.13. The van der Waals surface area contributed by atoms with Gasteiger partial charge in [-0.2, -0.15) is 5.10 Å². The van der Waals surface area contributed by atoms with E-state index in [1.165, 1.54) is 4.90 Å². The van der Waals surface area contributed by atoms with Gasteiger partial charge in [-0.25, -0.2) is 0 Å². The predicted octanol–water partition coefficient (Wildman–Crippen LogP) is 3.91. The van der Waals surface area contributed by atoms with Crippen LogP contribution < -0.4 is 0 Å². The van der Waals surface area contributed by atoms with Crippen LogP contribution in [-0.2, 0) is 0 Å². The average Bonchev–Trinajstić information content (AvgIpc) is 2.71. The van der Waals surface area contributed by atoms with Crippen molar-refractivity contribution in [2.45, 2.75) is 24.8 Å². The summed E-state index contributed by atoms with van der Waals surface area (Å²) in [5, 5.41) is 7.22. The first-order valence-electron chi connectivity index (χ1n) is 5.45. The Hall–Kier alpha value is -1.07. The number of nitrogens with one attached hydrogen (secondary N) is 1. The molecular weight excluding hydrogens is 250 g/mol.